The fourth-order valence-electron chi connectivity index (χ4n) is 10.3. The molecule has 1 aromatic carbocycles. The predicted molar refractivity (Wildman–Crippen MR) is 128 cm³/mol. The lowest BCUT2D eigenvalue weighted by atomic mass is 9.46. The van der Waals surface area contributed by atoms with Crippen molar-refractivity contribution in [2.75, 3.05) is 0 Å². The molecule has 0 radical (unpaired) electrons. The van der Waals surface area contributed by atoms with Crippen LogP contribution in [-0.2, 0) is 9.59 Å². The molecule has 0 spiro atoms. The molecule has 0 aromatic heterocycles. The van der Waals surface area contributed by atoms with Gasteiger partial charge in [0.1, 0.15) is 11.5 Å². The van der Waals surface area contributed by atoms with Crippen LogP contribution in [0.15, 0.2) is 24.3 Å². The van der Waals surface area contributed by atoms with Crippen molar-refractivity contribution in [2.24, 2.45) is 58.2 Å². The minimum absolute atomic E-state index is 0.128. The van der Waals surface area contributed by atoms with E-state index in [1.165, 1.54) is 12.8 Å². The van der Waals surface area contributed by atoms with Crippen molar-refractivity contribution in [3.63, 3.8) is 0 Å². The third-order valence-electron chi connectivity index (χ3n) is 11.5. The molecule has 37 heavy (non-hydrogen) atoms. The number of alkyl halides is 3. The lowest BCUT2D eigenvalue weighted by molar-refractivity contribution is -0.250. The van der Waals surface area contributed by atoms with Crippen LogP contribution in [0.1, 0.15) is 71.1 Å². The van der Waals surface area contributed by atoms with E-state index in [0.29, 0.717) is 54.4 Å². The lowest BCUT2D eigenvalue weighted by Crippen LogP contribution is -2.58. The molecule has 7 heteroatoms. The van der Waals surface area contributed by atoms with Gasteiger partial charge in [0.05, 0.1) is 16.7 Å². The number of hydrogen-bond acceptors (Lipinski definition) is 4. The van der Waals surface area contributed by atoms with Crippen molar-refractivity contribution >= 4 is 11.9 Å². The van der Waals surface area contributed by atoms with E-state index in [2.05, 4.69) is 6.92 Å². The molecule has 8 aliphatic carbocycles. The maximum Gasteiger partial charge on any atom is 0.392 e. The zero-order valence-electron chi connectivity index (χ0n) is 21.3. The Morgan fingerprint density at radius 3 is 1.49 bits per heavy atom. The molecular formula is C30H35F3O4. The van der Waals surface area contributed by atoms with Gasteiger partial charge in [-0.3, -0.25) is 9.59 Å². The summed E-state index contributed by atoms with van der Waals surface area (Å²) >= 11 is 0. The van der Waals surface area contributed by atoms with Gasteiger partial charge in [-0.25, -0.2) is 0 Å². The first-order valence-corrected chi connectivity index (χ1v) is 14.1. The smallest absolute Gasteiger partial charge is 0.392 e. The molecule has 200 valence electrons. The Morgan fingerprint density at radius 2 is 1.08 bits per heavy atom. The molecule has 4 nitrogen and oxygen atoms in total. The summed E-state index contributed by atoms with van der Waals surface area (Å²) < 4.78 is 52.6. The second-order valence-corrected chi connectivity index (χ2v) is 13.7. The monoisotopic (exact) mass is 516 g/mol. The predicted octanol–water partition coefficient (Wildman–Crippen LogP) is 6.96. The van der Waals surface area contributed by atoms with Crippen LogP contribution < -0.4 is 9.47 Å². The molecule has 0 heterocycles. The molecule has 0 saturated heterocycles. The first-order chi connectivity index (χ1) is 17.5. The summed E-state index contributed by atoms with van der Waals surface area (Å²) in [7, 11) is 0. The van der Waals surface area contributed by atoms with Crippen LogP contribution in [0.4, 0.5) is 13.2 Å². The van der Waals surface area contributed by atoms with Crippen molar-refractivity contribution < 1.29 is 32.2 Å². The van der Waals surface area contributed by atoms with Crippen molar-refractivity contribution in [2.45, 2.75) is 77.3 Å². The lowest BCUT2D eigenvalue weighted by Gasteiger charge is -2.58. The van der Waals surface area contributed by atoms with E-state index in [0.717, 1.165) is 19.3 Å². The molecule has 8 fully saturated rings. The van der Waals surface area contributed by atoms with Crippen LogP contribution in [0.3, 0.4) is 0 Å². The van der Waals surface area contributed by atoms with Crippen molar-refractivity contribution in [3.8, 4) is 11.5 Å². The Labute approximate surface area is 215 Å². The normalized spacial score (nSPS) is 45.2. The van der Waals surface area contributed by atoms with Gasteiger partial charge in [0.25, 0.3) is 0 Å². The van der Waals surface area contributed by atoms with Crippen molar-refractivity contribution in [1.29, 1.82) is 0 Å². The maximum absolute atomic E-state index is 13.7. The minimum atomic E-state index is -4.20. The summed E-state index contributed by atoms with van der Waals surface area (Å²) in [6, 6.07) is 6.56. The van der Waals surface area contributed by atoms with Gasteiger partial charge in [-0.05, 0) is 130 Å². The van der Waals surface area contributed by atoms with Crippen LogP contribution >= 0.6 is 0 Å². The van der Waals surface area contributed by atoms with E-state index in [9.17, 15) is 22.8 Å². The molecule has 8 saturated carbocycles. The molecule has 4 atom stereocenters. The number of hydrogen-bond donors (Lipinski definition) is 0. The van der Waals surface area contributed by atoms with Crippen LogP contribution in [0.25, 0.3) is 0 Å². The van der Waals surface area contributed by atoms with E-state index < -0.39 is 35.3 Å². The Balaban J connectivity index is 1.01. The molecular weight excluding hydrogens is 481 g/mol. The molecule has 8 bridgehead atoms. The summed E-state index contributed by atoms with van der Waals surface area (Å²) in [5.41, 5.74) is -1.17. The van der Waals surface area contributed by atoms with Crippen LogP contribution in [0.2, 0.25) is 0 Å². The van der Waals surface area contributed by atoms with E-state index in [1.54, 1.807) is 24.3 Å². The SMILES string of the molecule is CC1C2CC3CC1CC(C(=O)Oc1ccc(OC(=O)C45CC6CC(C4)C(C(F)(F)F)C(C6)C5)cc1)(C3)C2. The molecule has 9 rings (SSSR count). The second-order valence-electron chi connectivity index (χ2n) is 13.7. The summed E-state index contributed by atoms with van der Waals surface area (Å²) in [4.78, 5) is 26.6. The summed E-state index contributed by atoms with van der Waals surface area (Å²) in [5, 5.41) is 0. The number of rotatable bonds is 4. The van der Waals surface area contributed by atoms with Gasteiger partial charge in [0.2, 0.25) is 0 Å². The topological polar surface area (TPSA) is 52.6 Å². The number of esters is 2. The fourth-order valence-corrected chi connectivity index (χ4v) is 10.3. The zero-order chi connectivity index (χ0) is 25.7. The number of ether oxygens (including phenoxy) is 2. The van der Waals surface area contributed by atoms with E-state index in [-0.39, 0.29) is 30.1 Å². The molecule has 0 N–H and O–H groups in total. The highest BCUT2D eigenvalue weighted by molar-refractivity contribution is 5.81. The molecule has 0 amide bonds. The highest BCUT2D eigenvalue weighted by atomic mass is 19.4. The zero-order valence-corrected chi connectivity index (χ0v) is 21.3. The Hall–Kier alpha value is -2.05. The number of carbonyl (C=O) groups excluding carboxylic acids is 2. The van der Waals surface area contributed by atoms with Gasteiger partial charge in [-0.2, -0.15) is 13.2 Å². The first kappa shape index (κ1) is 24.0. The Kier molecular flexibility index (Phi) is 5.18. The Morgan fingerprint density at radius 1 is 0.703 bits per heavy atom. The first-order valence-electron chi connectivity index (χ1n) is 14.1. The summed E-state index contributed by atoms with van der Waals surface area (Å²) in [6.45, 7) is 2.34. The van der Waals surface area contributed by atoms with Gasteiger partial charge >= 0.3 is 18.1 Å². The van der Waals surface area contributed by atoms with Gasteiger partial charge in [0.15, 0.2) is 0 Å². The van der Waals surface area contributed by atoms with Crippen LogP contribution in [0, 0.1) is 58.2 Å². The van der Waals surface area contributed by atoms with E-state index in [1.807, 2.05) is 0 Å². The van der Waals surface area contributed by atoms with Crippen molar-refractivity contribution in [1.82, 2.24) is 0 Å². The van der Waals surface area contributed by atoms with Gasteiger partial charge in [0, 0.05) is 0 Å². The molecule has 1 aromatic rings. The van der Waals surface area contributed by atoms with Crippen molar-refractivity contribution in [3.05, 3.63) is 24.3 Å². The molecule has 0 aliphatic heterocycles. The standard InChI is InChI=1S/C30H35F3O4/c1-16-19-6-17-7-20(16)13-28(10-17,12-19)26(34)36-23-2-4-24(5-3-23)37-27(35)29-11-18-8-21(14-29)25(30(31,32)33)22(9-18)15-29/h2-5,16-22,25H,6-15H2,1H3. The van der Waals surface area contributed by atoms with Gasteiger partial charge in [-0.15, -0.1) is 0 Å². The quantitative estimate of drug-likeness (QED) is 0.321. The summed E-state index contributed by atoms with van der Waals surface area (Å²) in [6.07, 6.45) is 3.37. The fraction of sp³-hybridized carbons (Fsp3) is 0.733. The van der Waals surface area contributed by atoms with E-state index in [4.69, 9.17) is 9.47 Å². The average molecular weight is 517 g/mol. The number of carbonyl (C=O) groups is 2. The second kappa shape index (κ2) is 7.98. The number of benzene rings is 1. The third-order valence-corrected chi connectivity index (χ3v) is 11.5. The van der Waals surface area contributed by atoms with E-state index >= 15 is 0 Å². The van der Waals surface area contributed by atoms with Crippen LogP contribution in [0.5, 0.6) is 11.5 Å². The van der Waals surface area contributed by atoms with Gasteiger partial charge < -0.3 is 9.47 Å². The van der Waals surface area contributed by atoms with Gasteiger partial charge in [-0.1, -0.05) is 6.92 Å². The molecule has 4 unspecified atom stereocenters. The summed E-state index contributed by atoms with van der Waals surface area (Å²) in [5.74, 6) is 0.770. The number of halogens is 3. The minimum Gasteiger partial charge on any atom is -0.426 e. The average Bonchev–Trinajstić information content (AvgIpc) is 2.81. The molecule has 8 aliphatic rings. The highest BCUT2D eigenvalue weighted by Gasteiger charge is 2.65. The highest BCUT2D eigenvalue weighted by Crippen LogP contribution is 2.65. The maximum atomic E-state index is 13.7. The Bertz CT molecular complexity index is 1080. The largest absolute Gasteiger partial charge is 0.426 e. The van der Waals surface area contributed by atoms with Crippen LogP contribution in [-0.4, -0.2) is 18.1 Å². The third kappa shape index (κ3) is 3.76.